The Kier molecular flexibility index (Phi) is 4.23. The average Bonchev–Trinajstić information content (AvgIpc) is 2.32. The van der Waals surface area contributed by atoms with Crippen molar-refractivity contribution in [3.63, 3.8) is 0 Å². The number of hydrogen-bond donors (Lipinski definition) is 2. The fraction of sp³-hybridized carbons (Fsp3) is 0.462. The summed E-state index contributed by atoms with van der Waals surface area (Å²) in [6.07, 6.45) is 0.572. The molecular weight excluding hydrogens is 221 g/mol. The van der Waals surface area contributed by atoms with Gasteiger partial charge in [0.1, 0.15) is 5.82 Å². The molecule has 0 heterocycles. The summed E-state index contributed by atoms with van der Waals surface area (Å²) in [5.41, 5.74) is -0.272. The molecule has 1 amide bonds. The molecule has 1 rings (SSSR count). The lowest BCUT2D eigenvalue weighted by molar-refractivity contribution is 0.0843. The molecule has 1 aromatic carbocycles. The number of amides is 1. The maximum atomic E-state index is 13.7. The smallest absolute Gasteiger partial charge is 0.254 e. The predicted octanol–water partition coefficient (Wildman–Crippen LogP) is 2.02. The number of aliphatic hydroxyl groups is 1. The Hall–Kier alpha value is -1.42. The van der Waals surface area contributed by atoms with Crippen LogP contribution in [-0.2, 0) is 0 Å². The molecule has 0 aromatic heterocycles. The molecular formula is C13H18FNO2. The number of aryl methyl sites for hydroxylation is 1. The third-order valence-corrected chi connectivity index (χ3v) is 2.98. The van der Waals surface area contributed by atoms with Crippen LogP contribution >= 0.6 is 0 Å². The lowest BCUT2D eigenvalue weighted by atomic mass is 9.99. The van der Waals surface area contributed by atoms with E-state index in [0.717, 1.165) is 0 Å². The second kappa shape index (κ2) is 5.27. The van der Waals surface area contributed by atoms with Crippen LogP contribution in [0.15, 0.2) is 18.2 Å². The van der Waals surface area contributed by atoms with Crippen LogP contribution in [0.25, 0.3) is 0 Å². The standard InChI is InChI=1S/C13H18FNO2/c1-4-13(3,8-16)15-12(17)10-7-5-6-9(2)11(10)14/h5-7,16H,4,8H2,1-3H3,(H,15,17). The van der Waals surface area contributed by atoms with Crippen LogP contribution in [-0.4, -0.2) is 23.2 Å². The Balaban J connectivity index is 2.94. The van der Waals surface area contributed by atoms with Crippen molar-refractivity contribution >= 4 is 5.91 Å². The topological polar surface area (TPSA) is 49.3 Å². The lowest BCUT2D eigenvalue weighted by Gasteiger charge is -2.27. The van der Waals surface area contributed by atoms with Crippen molar-refractivity contribution in [2.45, 2.75) is 32.7 Å². The van der Waals surface area contributed by atoms with Crippen LogP contribution in [0.5, 0.6) is 0 Å². The largest absolute Gasteiger partial charge is 0.394 e. The molecule has 3 nitrogen and oxygen atoms in total. The van der Waals surface area contributed by atoms with Crippen molar-refractivity contribution in [1.82, 2.24) is 5.32 Å². The summed E-state index contributed by atoms with van der Waals surface area (Å²) < 4.78 is 13.7. The zero-order valence-electron chi connectivity index (χ0n) is 10.4. The maximum absolute atomic E-state index is 13.7. The fourth-order valence-corrected chi connectivity index (χ4v) is 1.40. The summed E-state index contributed by atoms with van der Waals surface area (Å²) in [6, 6.07) is 4.68. The maximum Gasteiger partial charge on any atom is 0.254 e. The van der Waals surface area contributed by atoms with Gasteiger partial charge in [0, 0.05) is 0 Å². The van der Waals surface area contributed by atoms with Gasteiger partial charge in [0.2, 0.25) is 0 Å². The van der Waals surface area contributed by atoms with E-state index in [9.17, 15) is 14.3 Å². The first kappa shape index (κ1) is 13.6. The van der Waals surface area contributed by atoms with E-state index >= 15 is 0 Å². The van der Waals surface area contributed by atoms with Crippen LogP contribution in [0.3, 0.4) is 0 Å². The van der Waals surface area contributed by atoms with Gasteiger partial charge in [-0.05, 0) is 31.9 Å². The van der Waals surface area contributed by atoms with Crippen molar-refractivity contribution in [3.8, 4) is 0 Å². The number of hydrogen-bond acceptors (Lipinski definition) is 2. The van der Waals surface area contributed by atoms with E-state index in [-0.39, 0.29) is 12.2 Å². The Morgan fingerprint density at radius 2 is 2.18 bits per heavy atom. The quantitative estimate of drug-likeness (QED) is 0.844. The van der Waals surface area contributed by atoms with Gasteiger partial charge in [-0.1, -0.05) is 19.1 Å². The van der Waals surface area contributed by atoms with E-state index in [4.69, 9.17) is 0 Å². The molecule has 0 fully saturated rings. The number of halogens is 1. The minimum Gasteiger partial charge on any atom is -0.394 e. The van der Waals surface area contributed by atoms with E-state index < -0.39 is 17.3 Å². The monoisotopic (exact) mass is 239 g/mol. The molecule has 0 saturated carbocycles. The van der Waals surface area contributed by atoms with Gasteiger partial charge in [0.25, 0.3) is 5.91 Å². The second-order valence-corrected chi connectivity index (χ2v) is 4.46. The Bertz CT molecular complexity index is 414. The van der Waals surface area contributed by atoms with E-state index in [1.54, 1.807) is 26.0 Å². The summed E-state index contributed by atoms with van der Waals surface area (Å²) in [7, 11) is 0. The number of benzene rings is 1. The minimum absolute atomic E-state index is 0.0122. The summed E-state index contributed by atoms with van der Waals surface area (Å²) >= 11 is 0. The van der Waals surface area contributed by atoms with Gasteiger partial charge in [0.15, 0.2) is 0 Å². The minimum atomic E-state index is -0.715. The van der Waals surface area contributed by atoms with Crippen molar-refractivity contribution in [2.24, 2.45) is 0 Å². The fourth-order valence-electron chi connectivity index (χ4n) is 1.40. The highest BCUT2D eigenvalue weighted by Gasteiger charge is 2.25. The molecule has 1 atom stereocenters. The highest BCUT2D eigenvalue weighted by Crippen LogP contribution is 2.14. The highest BCUT2D eigenvalue weighted by molar-refractivity contribution is 5.95. The molecule has 0 aliphatic heterocycles. The van der Waals surface area contributed by atoms with Crippen molar-refractivity contribution in [2.75, 3.05) is 6.61 Å². The first-order valence-corrected chi connectivity index (χ1v) is 5.62. The Labute approximate surface area is 101 Å². The highest BCUT2D eigenvalue weighted by atomic mass is 19.1. The molecule has 2 N–H and O–H groups in total. The van der Waals surface area contributed by atoms with Crippen molar-refractivity contribution in [1.29, 1.82) is 0 Å². The van der Waals surface area contributed by atoms with Crippen molar-refractivity contribution in [3.05, 3.63) is 35.1 Å². The molecule has 0 bridgehead atoms. The summed E-state index contributed by atoms with van der Waals surface area (Å²) in [6.45, 7) is 5.00. The zero-order valence-corrected chi connectivity index (χ0v) is 10.4. The van der Waals surface area contributed by atoms with E-state index in [1.165, 1.54) is 6.07 Å². The third kappa shape index (κ3) is 3.03. The molecule has 0 aliphatic carbocycles. The molecule has 1 aromatic rings. The van der Waals surface area contributed by atoms with Crippen molar-refractivity contribution < 1.29 is 14.3 Å². The normalized spacial score (nSPS) is 14.2. The Morgan fingerprint density at radius 3 is 2.71 bits per heavy atom. The van der Waals surface area contributed by atoms with Gasteiger partial charge < -0.3 is 10.4 Å². The van der Waals surface area contributed by atoms with E-state index in [1.807, 2.05) is 6.92 Å². The third-order valence-electron chi connectivity index (χ3n) is 2.98. The van der Waals surface area contributed by atoms with Crippen LogP contribution in [0.1, 0.15) is 36.2 Å². The van der Waals surface area contributed by atoms with Crippen LogP contribution in [0.2, 0.25) is 0 Å². The van der Waals surface area contributed by atoms with Gasteiger partial charge >= 0.3 is 0 Å². The zero-order chi connectivity index (χ0) is 13.1. The summed E-state index contributed by atoms with van der Waals surface area (Å²) in [4.78, 5) is 11.9. The van der Waals surface area contributed by atoms with Gasteiger partial charge in [-0.3, -0.25) is 4.79 Å². The predicted molar refractivity (Wildman–Crippen MR) is 64.4 cm³/mol. The summed E-state index contributed by atoms with van der Waals surface area (Å²) in [5, 5.41) is 11.8. The molecule has 0 aliphatic rings. The second-order valence-electron chi connectivity index (χ2n) is 4.46. The number of carbonyl (C=O) groups is 1. The number of rotatable bonds is 4. The Morgan fingerprint density at radius 1 is 1.53 bits per heavy atom. The van der Waals surface area contributed by atoms with Crippen LogP contribution in [0, 0.1) is 12.7 Å². The summed E-state index contributed by atoms with van der Waals surface area (Å²) in [5.74, 6) is -1.01. The first-order valence-electron chi connectivity index (χ1n) is 5.62. The van der Waals surface area contributed by atoms with Gasteiger partial charge in [-0.15, -0.1) is 0 Å². The molecule has 0 spiro atoms. The van der Waals surface area contributed by atoms with Gasteiger partial charge in [-0.2, -0.15) is 0 Å². The van der Waals surface area contributed by atoms with Crippen LogP contribution in [0.4, 0.5) is 4.39 Å². The number of nitrogens with one attached hydrogen (secondary N) is 1. The first-order chi connectivity index (χ1) is 7.93. The number of aliphatic hydroxyl groups excluding tert-OH is 1. The SMILES string of the molecule is CCC(C)(CO)NC(=O)c1cccc(C)c1F. The van der Waals surface area contributed by atoms with E-state index in [0.29, 0.717) is 12.0 Å². The molecule has 4 heteroatoms. The lowest BCUT2D eigenvalue weighted by Crippen LogP contribution is -2.48. The average molecular weight is 239 g/mol. The van der Waals surface area contributed by atoms with Gasteiger partial charge in [-0.25, -0.2) is 4.39 Å². The van der Waals surface area contributed by atoms with Crippen LogP contribution < -0.4 is 5.32 Å². The molecule has 17 heavy (non-hydrogen) atoms. The molecule has 1 unspecified atom stereocenters. The molecule has 0 radical (unpaired) electrons. The van der Waals surface area contributed by atoms with E-state index in [2.05, 4.69) is 5.32 Å². The number of carbonyl (C=O) groups excluding carboxylic acids is 1. The molecule has 0 saturated heterocycles. The molecule has 94 valence electrons. The van der Waals surface area contributed by atoms with Gasteiger partial charge in [0.05, 0.1) is 17.7 Å².